The van der Waals surface area contributed by atoms with E-state index in [9.17, 15) is 9.18 Å². The standard InChI is InChI=1S/C13H20FN3O2/c1-8(6-7-17(2)3)16-10-5-4-9(14)12(15)11(10)13(18)19/h4-5,8,16H,6-7,15H2,1-3H3,(H,18,19). The molecule has 1 unspecified atom stereocenters. The smallest absolute Gasteiger partial charge is 0.340 e. The molecule has 0 bridgehead atoms. The number of carboxylic acid groups (broad SMARTS) is 1. The van der Waals surface area contributed by atoms with Crippen molar-refractivity contribution in [2.24, 2.45) is 0 Å². The summed E-state index contributed by atoms with van der Waals surface area (Å²) in [6.45, 7) is 2.81. The molecule has 0 aliphatic rings. The summed E-state index contributed by atoms with van der Waals surface area (Å²) in [5, 5.41) is 12.2. The van der Waals surface area contributed by atoms with E-state index in [2.05, 4.69) is 5.32 Å². The van der Waals surface area contributed by atoms with E-state index in [1.807, 2.05) is 25.9 Å². The van der Waals surface area contributed by atoms with Gasteiger partial charge in [-0.15, -0.1) is 0 Å². The lowest BCUT2D eigenvalue weighted by Crippen LogP contribution is -2.24. The molecule has 0 aliphatic heterocycles. The zero-order valence-electron chi connectivity index (χ0n) is 11.4. The summed E-state index contributed by atoms with van der Waals surface area (Å²) in [5.74, 6) is -1.96. The summed E-state index contributed by atoms with van der Waals surface area (Å²) in [6.07, 6.45) is 0.837. The molecule has 1 aromatic rings. The van der Waals surface area contributed by atoms with Crippen molar-refractivity contribution in [2.45, 2.75) is 19.4 Å². The van der Waals surface area contributed by atoms with E-state index >= 15 is 0 Å². The third-order valence-corrected chi connectivity index (χ3v) is 2.82. The molecule has 0 aliphatic carbocycles. The summed E-state index contributed by atoms with van der Waals surface area (Å²) in [6, 6.07) is 2.63. The molecule has 0 saturated carbocycles. The topological polar surface area (TPSA) is 78.6 Å². The molecule has 19 heavy (non-hydrogen) atoms. The van der Waals surface area contributed by atoms with E-state index in [1.165, 1.54) is 12.1 Å². The maximum atomic E-state index is 13.3. The third kappa shape index (κ3) is 4.10. The summed E-state index contributed by atoms with van der Waals surface area (Å²) in [4.78, 5) is 13.2. The van der Waals surface area contributed by atoms with Gasteiger partial charge in [-0.25, -0.2) is 9.18 Å². The fraction of sp³-hybridized carbons (Fsp3) is 0.462. The third-order valence-electron chi connectivity index (χ3n) is 2.82. The Kier molecular flexibility index (Phi) is 5.11. The lowest BCUT2D eigenvalue weighted by Gasteiger charge is -2.19. The Bertz CT molecular complexity index is 463. The number of anilines is 2. The molecule has 1 aromatic carbocycles. The Morgan fingerprint density at radius 2 is 2.16 bits per heavy atom. The number of benzene rings is 1. The van der Waals surface area contributed by atoms with Crippen molar-refractivity contribution in [1.82, 2.24) is 4.90 Å². The van der Waals surface area contributed by atoms with Crippen LogP contribution in [0.1, 0.15) is 23.7 Å². The molecule has 1 rings (SSSR count). The van der Waals surface area contributed by atoms with E-state index in [0.717, 1.165) is 13.0 Å². The van der Waals surface area contributed by atoms with Gasteiger partial charge in [0.05, 0.1) is 11.4 Å². The summed E-state index contributed by atoms with van der Waals surface area (Å²) < 4.78 is 13.3. The Labute approximate surface area is 112 Å². The zero-order valence-corrected chi connectivity index (χ0v) is 11.4. The monoisotopic (exact) mass is 269 g/mol. The van der Waals surface area contributed by atoms with Gasteiger partial charge in [-0.05, 0) is 46.1 Å². The second kappa shape index (κ2) is 6.38. The van der Waals surface area contributed by atoms with Crippen molar-refractivity contribution in [3.63, 3.8) is 0 Å². The fourth-order valence-corrected chi connectivity index (χ4v) is 1.73. The van der Waals surface area contributed by atoms with E-state index < -0.39 is 11.8 Å². The molecule has 5 nitrogen and oxygen atoms in total. The highest BCUT2D eigenvalue weighted by molar-refractivity contribution is 6.00. The summed E-state index contributed by atoms with van der Waals surface area (Å²) in [5.41, 5.74) is 5.28. The molecule has 0 amide bonds. The molecule has 0 fully saturated rings. The van der Waals surface area contributed by atoms with Crippen LogP contribution in [0.3, 0.4) is 0 Å². The van der Waals surface area contributed by atoms with Gasteiger partial charge in [-0.1, -0.05) is 0 Å². The number of nitrogens with two attached hydrogens (primary N) is 1. The normalized spacial score (nSPS) is 12.5. The number of rotatable bonds is 6. The predicted molar refractivity (Wildman–Crippen MR) is 74.0 cm³/mol. The molecular formula is C13H20FN3O2. The first-order valence-corrected chi connectivity index (χ1v) is 6.05. The molecular weight excluding hydrogens is 249 g/mol. The van der Waals surface area contributed by atoms with Crippen molar-refractivity contribution in [1.29, 1.82) is 0 Å². The molecule has 0 spiro atoms. The van der Waals surface area contributed by atoms with E-state index in [-0.39, 0.29) is 17.3 Å². The van der Waals surface area contributed by atoms with Crippen LogP contribution in [0.25, 0.3) is 0 Å². The Morgan fingerprint density at radius 1 is 1.53 bits per heavy atom. The summed E-state index contributed by atoms with van der Waals surface area (Å²) in [7, 11) is 3.93. The molecule has 6 heteroatoms. The lowest BCUT2D eigenvalue weighted by atomic mass is 10.1. The highest BCUT2D eigenvalue weighted by Crippen LogP contribution is 2.26. The maximum absolute atomic E-state index is 13.3. The summed E-state index contributed by atoms with van der Waals surface area (Å²) >= 11 is 0. The maximum Gasteiger partial charge on any atom is 0.340 e. The van der Waals surface area contributed by atoms with Gasteiger partial charge in [-0.3, -0.25) is 0 Å². The minimum Gasteiger partial charge on any atom is -0.478 e. The number of nitrogens with zero attached hydrogens (tertiary/aromatic N) is 1. The first-order valence-electron chi connectivity index (χ1n) is 6.05. The van der Waals surface area contributed by atoms with Crippen molar-refractivity contribution in [2.75, 3.05) is 31.7 Å². The van der Waals surface area contributed by atoms with Crippen LogP contribution in [0.5, 0.6) is 0 Å². The zero-order chi connectivity index (χ0) is 14.6. The minimum atomic E-state index is -1.24. The van der Waals surface area contributed by atoms with Gasteiger partial charge < -0.3 is 21.1 Å². The number of hydrogen-bond donors (Lipinski definition) is 3. The molecule has 106 valence electrons. The molecule has 0 radical (unpaired) electrons. The average molecular weight is 269 g/mol. The van der Waals surface area contributed by atoms with Crippen LogP contribution in [0, 0.1) is 5.82 Å². The minimum absolute atomic E-state index is 0.0605. The molecule has 0 saturated heterocycles. The van der Waals surface area contributed by atoms with E-state index in [1.54, 1.807) is 0 Å². The number of halogens is 1. The van der Waals surface area contributed by atoms with Gasteiger partial charge in [0.2, 0.25) is 0 Å². The highest BCUT2D eigenvalue weighted by atomic mass is 19.1. The van der Waals surface area contributed by atoms with Crippen molar-refractivity contribution >= 4 is 17.3 Å². The Morgan fingerprint density at radius 3 is 2.68 bits per heavy atom. The highest BCUT2D eigenvalue weighted by Gasteiger charge is 2.18. The molecule has 1 atom stereocenters. The molecule has 0 heterocycles. The number of carbonyl (C=O) groups is 1. The quantitative estimate of drug-likeness (QED) is 0.687. The van der Waals surface area contributed by atoms with Crippen LogP contribution in [0.2, 0.25) is 0 Å². The SMILES string of the molecule is CC(CCN(C)C)Nc1ccc(F)c(N)c1C(=O)O. The number of nitrogens with one attached hydrogen (secondary N) is 1. The fourth-order valence-electron chi connectivity index (χ4n) is 1.73. The van der Waals surface area contributed by atoms with Crippen molar-refractivity contribution in [3.8, 4) is 0 Å². The Hall–Kier alpha value is -1.82. The van der Waals surface area contributed by atoms with Crippen LogP contribution in [0.4, 0.5) is 15.8 Å². The van der Waals surface area contributed by atoms with Gasteiger partial charge in [0.1, 0.15) is 11.4 Å². The van der Waals surface area contributed by atoms with Crippen LogP contribution in [-0.2, 0) is 0 Å². The van der Waals surface area contributed by atoms with Gasteiger partial charge >= 0.3 is 5.97 Å². The molecule has 4 N–H and O–H groups in total. The number of nitrogen functional groups attached to an aromatic ring is 1. The van der Waals surface area contributed by atoms with Crippen molar-refractivity contribution < 1.29 is 14.3 Å². The van der Waals surface area contributed by atoms with Gasteiger partial charge in [0.25, 0.3) is 0 Å². The van der Waals surface area contributed by atoms with E-state index in [4.69, 9.17) is 10.8 Å². The van der Waals surface area contributed by atoms with Crippen LogP contribution in [0.15, 0.2) is 12.1 Å². The average Bonchev–Trinajstić information content (AvgIpc) is 2.31. The van der Waals surface area contributed by atoms with Crippen LogP contribution in [-0.4, -0.2) is 42.7 Å². The van der Waals surface area contributed by atoms with Gasteiger partial charge in [-0.2, -0.15) is 0 Å². The second-order valence-electron chi connectivity index (χ2n) is 4.83. The van der Waals surface area contributed by atoms with Crippen LogP contribution < -0.4 is 11.1 Å². The van der Waals surface area contributed by atoms with Crippen molar-refractivity contribution in [3.05, 3.63) is 23.5 Å². The van der Waals surface area contributed by atoms with Crippen LogP contribution >= 0.6 is 0 Å². The Balaban J connectivity index is 2.89. The molecule has 0 aromatic heterocycles. The predicted octanol–water partition coefficient (Wildman–Crippen LogP) is 1.86. The number of carboxylic acids is 1. The first kappa shape index (κ1) is 15.2. The second-order valence-corrected chi connectivity index (χ2v) is 4.83. The van der Waals surface area contributed by atoms with Gasteiger partial charge in [0.15, 0.2) is 0 Å². The number of hydrogen-bond acceptors (Lipinski definition) is 4. The first-order chi connectivity index (χ1) is 8.82. The largest absolute Gasteiger partial charge is 0.478 e. The van der Waals surface area contributed by atoms with E-state index in [0.29, 0.717) is 5.69 Å². The lowest BCUT2D eigenvalue weighted by molar-refractivity contribution is 0.0698. The number of aromatic carboxylic acids is 1. The van der Waals surface area contributed by atoms with Gasteiger partial charge in [0, 0.05) is 6.04 Å².